The van der Waals surface area contributed by atoms with Crippen LogP contribution in [0.1, 0.15) is 11.1 Å². The first kappa shape index (κ1) is 14.2. The summed E-state index contributed by atoms with van der Waals surface area (Å²) in [7, 11) is 0. The molecule has 0 amide bonds. The quantitative estimate of drug-likeness (QED) is 0.919. The summed E-state index contributed by atoms with van der Waals surface area (Å²) in [5.74, 6) is -2.16. The number of nitriles is 1. The van der Waals surface area contributed by atoms with Gasteiger partial charge in [0.1, 0.15) is 17.5 Å². The van der Waals surface area contributed by atoms with Gasteiger partial charge in [-0.15, -0.1) is 0 Å². The minimum atomic E-state index is -0.827. The first-order chi connectivity index (χ1) is 9.51. The molecule has 0 spiro atoms. The molecule has 0 heterocycles. The van der Waals surface area contributed by atoms with Gasteiger partial charge < -0.3 is 5.32 Å². The van der Waals surface area contributed by atoms with E-state index in [-0.39, 0.29) is 22.7 Å². The summed E-state index contributed by atoms with van der Waals surface area (Å²) in [5, 5.41) is 11.4. The zero-order valence-electron chi connectivity index (χ0n) is 10.1. The molecule has 0 radical (unpaired) electrons. The molecule has 102 valence electrons. The Morgan fingerprint density at radius 1 is 1.10 bits per heavy atom. The summed E-state index contributed by atoms with van der Waals surface area (Å²) in [6.07, 6.45) is 0. The van der Waals surface area contributed by atoms with Gasteiger partial charge in [0.05, 0.1) is 22.3 Å². The number of nitrogens with zero attached hydrogens (tertiary/aromatic N) is 1. The average Bonchev–Trinajstić information content (AvgIpc) is 2.39. The molecular weight excluding hydrogens is 289 g/mol. The molecule has 20 heavy (non-hydrogen) atoms. The lowest BCUT2D eigenvalue weighted by Gasteiger charge is -2.10. The van der Waals surface area contributed by atoms with Gasteiger partial charge in [0.25, 0.3) is 0 Å². The molecule has 0 aliphatic rings. The Morgan fingerprint density at radius 3 is 2.30 bits per heavy atom. The van der Waals surface area contributed by atoms with Crippen LogP contribution in [0.5, 0.6) is 0 Å². The van der Waals surface area contributed by atoms with Crippen LogP contribution < -0.4 is 5.32 Å². The summed E-state index contributed by atoms with van der Waals surface area (Å²) in [6.45, 7) is -0.172. The lowest BCUT2D eigenvalue weighted by molar-refractivity contribution is 0.559. The Labute approximate surface area is 118 Å². The van der Waals surface area contributed by atoms with Gasteiger partial charge in [-0.3, -0.25) is 0 Å². The zero-order chi connectivity index (χ0) is 14.7. The molecule has 0 unspecified atom stereocenters. The number of rotatable bonds is 3. The standard InChI is InChI=1S/C14H8ClF3N2/c15-11-5-9(16)1-2-14(11)20-7-10-12(17)3-8(6-19)4-13(10)18/h1-5,20H,7H2. The third-order valence-corrected chi connectivity index (χ3v) is 2.97. The molecule has 6 heteroatoms. The van der Waals surface area contributed by atoms with Gasteiger partial charge in [-0.1, -0.05) is 11.6 Å². The minimum Gasteiger partial charge on any atom is -0.380 e. The largest absolute Gasteiger partial charge is 0.380 e. The molecule has 0 bridgehead atoms. The van der Waals surface area contributed by atoms with Crippen molar-refractivity contribution in [2.75, 3.05) is 5.32 Å². The van der Waals surface area contributed by atoms with Gasteiger partial charge in [0.2, 0.25) is 0 Å². The minimum absolute atomic E-state index is 0.0939. The fourth-order valence-corrected chi connectivity index (χ4v) is 1.89. The third-order valence-electron chi connectivity index (χ3n) is 2.66. The predicted molar refractivity (Wildman–Crippen MR) is 69.8 cm³/mol. The Hall–Kier alpha value is -2.19. The highest BCUT2D eigenvalue weighted by molar-refractivity contribution is 6.33. The van der Waals surface area contributed by atoms with Crippen molar-refractivity contribution in [2.24, 2.45) is 0 Å². The maximum Gasteiger partial charge on any atom is 0.132 e. The third kappa shape index (κ3) is 3.03. The highest BCUT2D eigenvalue weighted by Crippen LogP contribution is 2.24. The van der Waals surface area contributed by atoms with E-state index in [4.69, 9.17) is 16.9 Å². The molecule has 0 saturated heterocycles. The van der Waals surface area contributed by atoms with Crippen LogP contribution in [0.2, 0.25) is 5.02 Å². The summed E-state index contributed by atoms with van der Waals surface area (Å²) in [5.41, 5.74) is 0.0455. The van der Waals surface area contributed by atoms with E-state index in [1.807, 2.05) is 0 Å². The Bertz CT molecular complexity index is 672. The summed E-state index contributed by atoms with van der Waals surface area (Å²) in [4.78, 5) is 0. The normalized spacial score (nSPS) is 10.2. The van der Waals surface area contributed by atoms with E-state index in [1.54, 1.807) is 6.07 Å². The molecule has 2 aromatic carbocycles. The van der Waals surface area contributed by atoms with Crippen molar-refractivity contribution < 1.29 is 13.2 Å². The number of benzene rings is 2. The van der Waals surface area contributed by atoms with Crippen molar-refractivity contribution in [3.63, 3.8) is 0 Å². The van der Waals surface area contributed by atoms with E-state index in [0.29, 0.717) is 5.69 Å². The van der Waals surface area contributed by atoms with Crippen LogP contribution >= 0.6 is 11.6 Å². The van der Waals surface area contributed by atoms with Crippen LogP contribution in [0.4, 0.5) is 18.9 Å². The predicted octanol–water partition coefficient (Wildman–Crippen LogP) is 4.24. The van der Waals surface area contributed by atoms with Gasteiger partial charge in [-0.05, 0) is 30.3 Å². The summed E-state index contributed by atoms with van der Waals surface area (Å²) in [6, 6.07) is 7.21. The van der Waals surface area contributed by atoms with Crippen molar-refractivity contribution in [1.82, 2.24) is 0 Å². The van der Waals surface area contributed by atoms with Gasteiger partial charge >= 0.3 is 0 Å². The second-order valence-corrected chi connectivity index (χ2v) is 4.42. The average molecular weight is 297 g/mol. The van der Waals surface area contributed by atoms with Gasteiger partial charge in [-0.2, -0.15) is 5.26 Å². The van der Waals surface area contributed by atoms with Crippen LogP contribution in [0.3, 0.4) is 0 Å². The Kier molecular flexibility index (Phi) is 4.16. The van der Waals surface area contributed by atoms with E-state index in [9.17, 15) is 13.2 Å². The first-order valence-electron chi connectivity index (χ1n) is 5.58. The van der Waals surface area contributed by atoms with E-state index in [0.717, 1.165) is 18.2 Å². The fraction of sp³-hybridized carbons (Fsp3) is 0.0714. The number of hydrogen-bond donors (Lipinski definition) is 1. The van der Waals surface area contributed by atoms with E-state index < -0.39 is 17.5 Å². The molecule has 0 aliphatic heterocycles. The molecular formula is C14H8ClF3N2. The summed E-state index contributed by atoms with van der Waals surface area (Å²) >= 11 is 5.79. The summed E-state index contributed by atoms with van der Waals surface area (Å²) < 4.78 is 40.1. The molecule has 2 nitrogen and oxygen atoms in total. The van der Waals surface area contributed by atoms with Crippen LogP contribution in [0.25, 0.3) is 0 Å². The first-order valence-corrected chi connectivity index (χ1v) is 5.96. The number of halogens is 4. The molecule has 0 saturated carbocycles. The smallest absolute Gasteiger partial charge is 0.132 e. The monoisotopic (exact) mass is 296 g/mol. The molecule has 0 aromatic heterocycles. The van der Waals surface area contributed by atoms with Crippen molar-refractivity contribution >= 4 is 17.3 Å². The maximum absolute atomic E-state index is 13.6. The second-order valence-electron chi connectivity index (χ2n) is 4.01. The molecule has 2 rings (SSSR count). The Balaban J connectivity index is 2.21. The maximum atomic E-state index is 13.6. The van der Waals surface area contributed by atoms with Crippen LogP contribution in [0, 0.1) is 28.8 Å². The van der Waals surface area contributed by atoms with Gasteiger partial charge in [-0.25, -0.2) is 13.2 Å². The van der Waals surface area contributed by atoms with E-state index in [1.165, 1.54) is 12.1 Å². The number of nitrogens with one attached hydrogen (secondary N) is 1. The van der Waals surface area contributed by atoms with Gasteiger partial charge in [0, 0.05) is 12.1 Å². The van der Waals surface area contributed by atoms with Crippen molar-refractivity contribution in [2.45, 2.75) is 6.54 Å². The van der Waals surface area contributed by atoms with E-state index in [2.05, 4.69) is 5.32 Å². The SMILES string of the molecule is N#Cc1cc(F)c(CNc2ccc(F)cc2Cl)c(F)c1. The Morgan fingerprint density at radius 2 is 1.75 bits per heavy atom. The number of anilines is 1. The molecule has 0 atom stereocenters. The van der Waals surface area contributed by atoms with Crippen LogP contribution in [-0.4, -0.2) is 0 Å². The highest BCUT2D eigenvalue weighted by atomic mass is 35.5. The lowest BCUT2D eigenvalue weighted by Crippen LogP contribution is -2.05. The van der Waals surface area contributed by atoms with E-state index >= 15 is 0 Å². The molecule has 0 aliphatic carbocycles. The lowest BCUT2D eigenvalue weighted by atomic mass is 10.1. The fourth-order valence-electron chi connectivity index (χ4n) is 1.65. The van der Waals surface area contributed by atoms with Crippen molar-refractivity contribution in [3.8, 4) is 6.07 Å². The zero-order valence-corrected chi connectivity index (χ0v) is 10.8. The highest BCUT2D eigenvalue weighted by Gasteiger charge is 2.12. The number of hydrogen-bond acceptors (Lipinski definition) is 2. The van der Waals surface area contributed by atoms with Crippen molar-refractivity contribution in [1.29, 1.82) is 5.26 Å². The second kappa shape index (κ2) is 5.85. The van der Waals surface area contributed by atoms with Gasteiger partial charge in [0.15, 0.2) is 0 Å². The van der Waals surface area contributed by atoms with Crippen molar-refractivity contribution in [3.05, 3.63) is 63.9 Å². The molecule has 0 fully saturated rings. The van der Waals surface area contributed by atoms with Crippen LogP contribution in [0.15, 0.2) is 30.3 Å². The molecule has 2 aromatic rings. The van der Waals surface area contributed by atoms with Crippen LogP contribution in [-0.2, 0) is 6.54 Å². The topological polar surface area (TPSA) is 35.8 Å². The molecule has 1 N–H and O–H groups in total.